The largest absolute Gasteiger partial charge is 0.493 e. The second kappa shape index (κ2) is 9.64. The Kier molecular flexibility index (Phi) is 7.50. The highest BCUT2D eigenvalue weighted by molar-refractivity contribution is 6.32. The second-order valence-corrected chi connectivity index (χ2v) is 6.15. The minimum atomic E-state index is 0.406. The van der Waals surface area contributed by atoms with Crippen LogP contribution in [0.1, 0.15) is 37.7 Å². The molecule has 0 aliphatic heterocycles. The Hall–Kier alpha value is -1.45. The van der Waals surface area contributed by atoms with Crippen LogP contribution in [0, 0.1) is 0 Å². The lowest BCUT2D eigenvalue weighted by Gasteiger charge is -2.15. The Morgan fingerprint density at radius 3 is 2.91 bits per heavy atom. The van der Waals surface area contributed by atoms with E-state index in [2.05, 4.69) is 18.0 Å². The summed E-state index contributed by atoms with van der Waals surface area (Å²) in [7, 11) is 1.62. The highest BCUT2D eigenvalue weighted by atomic mass is 35.5. The molecule has 0 saturated heterocycles. The molecule has 1 aliphatic carbocycles. The van der Waals surface area contributed by atoms with Gasteiger partial charge in [-0.3, -0.25) is 0 Å². The van der Waals surface area contributed by atoms with Gasteiger partial charge in [-0.1, -0.05) is 35.9 Å². The van der Waals surface area contributed by atoms with E-state index in [1.807, 2.05) is 12.1 Å². The van der Waals surface area contributed by atoms with E-state index in [-0.39, 0.29) is 0 Å². The van der Waals surface area contributed by atoms with Crippen molar-refractivity contribution in [3.8, 4) is 11.5 Å². The van der Waals surface area contributed by atoms with Crippen LogP contribution >= 0.6 is 11.6 Å². The summed E-state index contributed by atoms with van der Waals surface area (Å²) in [5.74, 6) is 1.23. The van der Waals surface area contributed by atoms with E-state index in [1.165, 1.54) is 25.7 Å². The molecule has 0 aromatic heterocycles. The van der Waals surface area contributed by atoms with Crippen LogP contribution in [0.5, 0.6) is 11.5 Å². The maximum absolute atomic E-state index is 6.31. The lowest BCUT2D eigenvalue weighted by Crippen LogP contribution is -2.16. The molecule has 0 heterocycles. The molecule has 126 valence electrons. The first-order valence-corrected chi connectivity index (χ1v) is 8.61. The summed E-state index contributed by atoms with van der Waals surface area (Å²) in [6.07, 6.45) is 10.4. The average Bonchev–Trinajstić information content (AvgIpc) is 2.58. The van der Waals surface area contributed by atoms with Crippen molar-refractivity contribution in [2.24, 2.45) is 0 Å². The van der Waals surface area contributed by atoms with Crippen molar-refractivity contribution in [1.29, 1.82) is 0 Å². The van der Waals surface area contributed by atoms with Crippen molar-refractivity contribution in [3.05, 3.63) is 47.0 Å². The smallest absolute Gasteiger partial charge is 0.180 e. The maximum Gasteiger partial charge on any atom is 0.180 e. The first-order valence-electron chi connectivity index (χ1n) is 8.23. The highest BCUT2D eigenvalue weighted by Gasteiger charge is 2.11. The van der Waals surface area contributed by atoms with E-state index in [9.17, 15) is 0 Å². The van der Waals surface area contributed by atoms with Gasteiger partial charge in [0.05, 0.1) is 12.1 Å². The molecule has 0 amide bonds. The van der Waals surface area contributed by atoms with E-state index in [1.54, 1.807) is 18.8 Å². The fourth-order valence-electron chi connectivity index (χ4n) is 2.77. The number of nitrogens with one attached hydrogen (secondary N) is 1. The van der Waals surface area contributed by atoms with Gasteiger partial charge in [0.1, 0.15) is 6.61 Å². The van der Waals surface area contributed by atoms with Gasteiger partial charge in [0.15, 0.2) is 11.5 Å². The highest BCUT2D eigenvalue weighted by Crippen LogP contribution is 2.36. The molecule has 1 aromatic rings. The number of methoxy groups -OCH3 is 1. The van der Waals surface area contributed by atoms with Gasteiger partial charge in [0.25, 0.3) is 0 Å². The van der Waals surface area contributed by atoms with Gasteiger partial charge in [0.2, 0.25) is 0 Å². The second-order valence-electron chi connectivity index (χ2n) is 5.74. The summed E-state index contributed by atoms with van der Waals surface area (Å²) in [6, 6.07) is 3.90. The summed E-state index contributed by atoms with van der Waals surface area (Å²) in [6.45, 7) is 5.80. The lowest BCUT2D eigenvalue weighted by atomic mass is 9.97. The van der Waals surface area contributed by atoms with Gasteiger partial charge in [-0.05, 0) is 56.3 Å². The molecule has 1 aromatic carbocycles. The Labute approximate surface area is 144 Å². The zero-order valence-electron chi connectivity index (χ0n) is 13.9. The number of allylic oxidation sites excluding steroid dienone is 1. The van der Waals surface area contributed by atoms with Gasteiger partial charge in [-0.2, -0.15) is 0 Å². The fourth-order valence-corrected chi connectivity index (χ4v) is 3.06. The Balaban J connectivity index is 1.88. The number of ether oxygens (including phenoxy) is 2. The van der Waals surface area contributed by atoms with Crippen LogP contribution in [-0.2, 0) is 6.54 Å². The summed E-state index contributed by atoms with van der Waals surface area (Å²) >= 11 is 6.31. The number of hydrogen-bond donors (Lipinski definition) is 1. The maximum atomic E-state index is 6.31. The molecular formula is C19H26ClNO2. The molecule has 0 atom stereocenters. The minimum Gasteiger partial charge on any atom is -0.493 e. The number of hydrogen-bond acceptors (Lipinski definition) is 3. The van der Waals surface area contributed by atoms with E-state index in [4.69, 9.17) is 21.1 Å². The van der Waals surface area contributed by atoms with Crippen LogP contribution < -0.4 is 14.8 Å². The Bertz CT molecular complexity index is 555. The first kappa shape index (κ1) is 17.9. The molecule has 0 radical (unpaired) electrons. The van der Waals surface area contributed by atoms with Gasteiger partial charge in [-0.15, -0.1) is 0 Å². The van der Waals surface area contributed by atoms with Gasteiger partial charge in [-0.25, -0.2) is 0 Å². The van der Waals surface area contributed by atoms with E-state index >= 15 is 0 Å². The van der Waals surface area contributed by atoms with Crippen molar-refractivity contribution in [2.45, 2.75) is 38.6 Å². The summed E-state index contributed by atoms with van der Waals surface area (Å²) in [5, 5.41) is 4.05. The number of rotatable bonds is 9. The molecule has 0 spiro atoms. The van der Waals surface area contributed by atoms with Crippen molar-refractivity contribution in [1.82, 2.24) is 5.32 Å². The van der Waals surface area contributed by atoms with Crippen LogP contribution in [-0.4, -0.2) is 20.3 Å². The zero-order valence-corrected chi connectivity index (χ0v) is 14.6. The molecule has 2 rings (SSSR count). The Morgan fingerprint density at radius 1 is 1.35 bits per heavy atom. The van der Waals surface area contributed by atoms with Crippen molar-refractivity contribution in [2.75, 3.05) is 20.3 Å². The summed E-state index contributed by atoms with van der Waals surface area (Å²) < 4.78 is 10.9. The third-order valence-electron chi connectivity index (χ3n) is 3.97. The number of benzene rings is 1. The lowest BCUT2D eigenvalue weighted by molar-refractivity contribution is 0.326. The van der Waals surface area contributed by atoms with Crippen LogP contribution in [0.25, 0.3) is 0 Å². The van der Waals surface area contributed by atoms with E-state index < -0.39 is 0 Å². The quantitative estimate of drug-likeness (QED) is 0.514. The first-order chi connectivity index (χ1) is 11.2. The van der Waals surface area contributed by atoms with Gasteiger partial charge in [0, 0.05) is 6.54 Å². The monoisotopic (exact) mass is 335 g/mol. The molecule has 0 fully saturated rings. The topological polar surface area (TPSA) is 30.5 Å². The standard InChI is InChI=1S/C19H26ClNO2/c1-3-11-23-19-17(20)12-16(13-18(19)22-2)14-21-10-9-15-7-5-4-6-8-15/h3,7,12-13,21H,1,4-6,8-11,14H2,2H3. The van der Waals surface area contributed by atoms with E-state index in [0.717, 1.165) is 25.1 Å². The molecular weight excluding hydrogens is 310 g/mol. The molecule has 0 bridgehead atoms. The van der Waals surface area contributed by atoms with Crippen LogP contribution in [0.4, 0.5) is 0 Å². The van der Waals surface area contributed by atoms with Crippen LogP contribution in [0.3, 0.4) is 0 Å². The van der Waals surface area contributed by atoms with Gasteiger partial charge < -0.3 is 14.8 Å². The van der Waals surface area contributed by atoms with Crippen molar-refractivity contribution >= 4 is 11.6 Å². The third-order valence-corrected chi connectivity index (χ3v) is 4.25. The van der Waals surface area contributed by atoms with Gasteiger partial charge >= 0.3 is 0 Å². The average molecular weight is 336 g/mol. The minimum absolute atomic E-state index is 0.406. The van der Waals surface area contributed by atoms with Crippen LogP contribution in [0.2, 0.25) is 5.02 Å². The predicted octanol–water partition coefficient (Wildman–Crippen LogP) is 4.89. The molecule has 3 nitrogen and oxygen atoms in total. The molecule has 23 heavy (non-hydrogen) atoms. The van der Waals surface area contributed by atoms with Crippen molar-refractivity contribution < 1.29 is 9.47 Å². The molecule has 4 heteroatoms. The zero-order chi connectivity index (χ0) is 16.5. The summed E-state index contributed by atoms with van der Waals surface area (Å²) in [4.78, 5) is 0. The third kappa shape index (κ3) is 5.60. The Morgan fingerprint density at radius 2 is 2.22 bits per heavy atom. The molecule has 1 N–H and O–H groups in total. The van der Waals surface area contributed by atoms with Crippen molar-refractivity contribution in [3.63, 3.8) is 0 Å². The summed E-state index contributed by atoms with van der Waals surface area (Å²) in [5.41, 5.74) is 2.68. The fraction of sp³-hybridized carbons (Fsp3) is 0.474. The molecule has 0 unspecified atom stereocenters. The normalized spacial score (nSPS) is 14.3. The van der Waals surface area contributed by atoms with Crippen LogP contribution in [0.15, 0.2) is 36.4 Å². The van der Waals surface area contributed by atoms with E-state index in [0.29, 0.717) is 23.1 Å². The SMILES string of the molecule is C=CCOc1c(Cl)cc(CNCCC2=CCCCC2)cc1OC. The number of halogens is 1. The molecule has 1 aliphatic rings. The predicted molar refractivity (Wildman–Crippen MR) is 96.6 cm³/mol. The molecule has 0 saturated carbocycles.